The van der Waals surface area contributed by atoms with Crippen LogP contribution in [0.2, 0.25) is 0 Å². The van der Waals surface area contributed by atoms with Crippen molar-refractivity contribution >= 4 is 5.91 Å². The number of amides is 1. The first-order valence-corrected chi connectivity index (χ1v) is 4.81. The summed E-state index contributed by atoms with van der Waals surface area (Å²) in [5, 5.41) is 14.8. The number of aliphatic hydroxyl groups is 1. The van der Waals surface area contributed by atoms with Gasteiger partial charge in [-0.15, -0.1) is 0 Å². The third-order valence-electron chi connectivity index (χ3n) is 2.04. The Bertz CT molecular complexity index is 178. The Balaban J connectivity index is 2.12. The van der Waals surface area contributed by atoms with Crippen LogP contribution in [-0.4, -0.2) is 35.7 Å². The maximum Gasteiger partial charge on any atom is 0.237 e. The maximum atomic E-state index is 11.4. The lowest BCUT2D eigenvalue weighted by molar-refractivity contribution is -0.122. The van der Waals surface area contributed by atoms with Gasteiger partial charge in [-0.2, -0.15) is 0 Å². The Labute approximate surface area is 78.7 Å². The first-order chi connectivity index (χ1) is 6.09. The SMILES string of the molecule is CC(NC[C@H](C)O)C(=O)NC1CC1. The van der Waals surface area contributed by atoms with Crippen LogP contribution in [0.1, 0.15) is 26.7 Å². The average molecular weight is 186 g/mol. The third kappa shape index (κ3) is 4.24. The van der Waals surface area contributed by atoms with Crippen LogP contribution in [0, 0.1) is 0 Å². The molecule has 0 radical (unpaired) electrons. The van der Waals surface area contributed by atoms with Crippen molar-refractivity contribution in [3.63, 3.8) is 0 Å². The van der Waals surface area contributed by atoms with Crippen LogP contribution in [0.5, 0.6) is 0 Å². The molecule has 0 spiro atoms. The molecule has 2 atom stereocenters. The fourth-order valence-corrected chi connectivity index (χ4v) is 0.994. The molecule has 0 saturated heterocycles. The average Bonchev–Trinajstić information content (AvgIpc) is 2.83. The van der Waals surface area contributed by atoms with Crippen LogP contribution in [0.15, 0.2) is 0 Å². The molecule has 4 heteroatoms. The lowest BCUT2D eigenvalue weighted by Crippen LogP contribution is -2.45. The Kier molecular flexibility index (Phi) is 3.69. The van der Waals surface area contributed by atoms with E-state index in [9.17, 15) is 4.79 Å². The molecule has 0 aromatic rings. The largest absolute Gasteiger partial charge is 0.392 e. The highest BCUT2D eigenvalue weighted by molar-refractivity contribution is 5.81. The Hall–Kier alpha value is -0.610. The van der Waals surface area contributed by atoms with E-state index in [1.165, 1.54) is 0 Å². The minimum Gasteiger partial charge on any atom is -0.392 e. The molecule has 1 amide bonds. The number of hydrogen-bond acceptors (Lipinski definition) is 3. The summed E-state index contributed by atoms with van der Waals surface area (Å²) in [6.45, 7) is 3.96. The van der Waals surface area contributed by atoms with Crippen LogP contribution < -0.4 is 10.6 Å². The van der Waals surface area contributed by atoms with Crippen LogP contribution in [0.25, 0.3) is 0 Å². The molecule has 1 saturated carbocycles. The highest BCUT2D eigenvalue weighted by Crippen LogP contribution is 2.18. The van der Waals surface area contributed by atoms with Crippen LogP contribution in [0.4, 0.5) is 0 Å². The van der Waals surface area contributed by atoms with Gasteiger partial charge in [0.15, 0.2) is 0 Å². The van der Waals surface area contributed by atoms with Gasteiger partial charge in [-0.05, 0) is 26.7 Å². The van der Waals surface area contributed by atoms with Crippen molar-refractivity contribution in [3.05, 3.63) is 0 Å². The molecule has 1 aliphatic carbocycles. The highest BCUT2D eigenvalue weighted by Gasteiger charge is 2.25. The predicted molar refractivity (Wildman–Crippen MR) is 50.3 cm³/mol. The smallest absolute Gasteiger partial charge is 0.237 e. The van der Waals surface area contributed by atoms with E-state index >= 15 is 0 Å². The summed E-state index contributed by atoms with van der Waals surface area (Å²) in [6.07, 6.45) is 1.81. The fourth-order valence-electron chi connectivity index (χ4n) is 0.994. The monoisotopic (exact) mass is 186 g/mol. The molecular weight excluding hydrogens is 168 g/mol. The quantitative estimate of drug-likeness (QED) is 0.548. The van der Waals surface area contributed by atoms with E-state index in [1.807, 2.05) is 0 Å². The Morgan fingerprint density at radius 2 is 2.15 bits per heavy atom. The van der Waals surface area contributed by atoms with E-state index in [-0.39, 0.29) is 11.9 Å². The maximum absolute atomic E-state index is 11.4. The summed E-state index contributed by atoms with van der Waals surface area (Å²) < 4.78 is 0. The second-order valence-corrected chi connectivity index (χ2v) is 3.76. The summed E-state index contributed by atoms with van der Waals surface area (Å²) in [6, 6.07) is 0.193. The van der Waals surface area contributed by atoms with E-state index in [0.717, 1.165) is 12.8 Å². The van der Waals surface area contributed by atoms with Gasteiger partial charge in [0.05, 0.1) is 12.1 Å². The zero-order valence-electron chi connectivity index (χ0n) is 8.21. The molecule has 76 valence electrons. The number of carbonyl (C=O) groups is 1. The van der Waals surface area contributed by atoms with Gasteiger partial charge in [0.25, 0.3) is 0 Å². The zero-order valence-corrected chi connectivity index (χ0v) is 8.21. The number of aliphatic hydroxyl groups excluding tert-OH is 1. The lowest BCUT2D eigenvalue weighted by atomic mass is 10.3. The molecule has 1 fully saturated rings. The fraction of sp³-hybridized carbons (Fsp3) is 0.889. The predicted octanol–water partition coefficient (Wildman–Crippen LogP) is -0.376. The van der Waals surface area contributed by atoms with Crippen LogP contribution in [0.3, 0.4) is 0 Å². The zero-order chi connectivity index (χ0) is 9.84. The molecule has 0 heterocycles. The molecule has 3 N–H and O–H groups in total. The topological polar surface area (TPSA) is 61.4 Å². The molecular formula is C9H18N2O2. The van der Waals surface area contributed by atoms with Crippen LogP contribution in [-0.2, 0) is 4.79 Å². The summed E-state index contributed by atoms with van der Waals surface area (Å²) in [4.78, 5) is 11.4. The van der Waals surface area contributed by atoms with Gasteiger partial charge < -0.3 is 15.7 Å². The van der Waals surface area contributed by atoms with Gasteiger partial charge in [0, 0.05) is 12.6 Å². The molecule has 0 aromatic heterocycles. The first-order valence-electron chi connectivity index (χ1n) is 4.81. The standard InChI is InChI=1S/C9H18N2O2/c1-6(12)5-10-7(2)9(13)11-8-3-4-8/h6-8,10,12H,3-5H2,1-2H3,(H,11,13)/t6-,7?/m0/s1. The van der Waals surface area contributed by atoms with Crippen molar-refractivity contribution in [2.24, 2.45) is 0 Å². The second kappa shape index (κ2) is 4.58. The van der Waals surface area contributed by atoms with Gasteiger partial charge in [-0.25, -0.2) is 0 Å². The van der Waals surface area contributed by atoms with E-state index in [1.54, 1.807) is 13.8 Å². The van der Waals surface area contributed by atoms with Crippen molar-refractivity contribution in [1.82, 2.24) is 10.6 Å². The van der Waals surface area contributed by atoms with E-state index < -0.39 is 6.10 Å². The summed E-state index contributed by atoms with van der Waals surface area (Å²) in [5.74, 6) is 0.0307. The van der Waals surface area contributed by atoms with Gasteiger partial charge >= 0.3 is 0 Å². The summed E-state index contributed by atoms with van der Waals surface area (Å²) >= 11 is 0. The normalized spacial score (nSPS) is 20.8. The lowest BCUT2D eigenvalue weighted by Gasteiger charge is -2.14. The molecule has 1 rings (SSSR count). The molecule has 1 aliphatic rings. The van der Waals surface area contributed by atoms with E-state index in [2.05, 4.69) is 10.6 Å². The first kappa shape index (κ1) is 10.5. The minimum absolute atomic E-state index is 0.0307. The second-order valence-electron chi connectivity index (χ2n) is 3.76. The number of nitrogens with one attached hydrogen (secondary N) is 2. The molecule has 0 aromatic carbocycles. The van der Waals surface area contributed by atoms with Gasteiger partial charge in [-0.3, -0.25) is 4.79 Å². The molecule has 1 unspecified atom stereocenters. The number of rotatable bonds is 5. The number of hydrogen-bond donors (Lipinski definition) is 3. The summed E-state index contributed by atoms with van der Waals surface area (Å²) in [7, 11) is 0. The number of carbonyl (C=O) groups excluding carboxylic acids is 1. The Morgan fingerprint density at radius 3 is 2.62 bits per heavy atom. The van der Waals surface area contributed by atoms with Crippen molar-refractivity contribution in [2.45, 2.75) is 44.9 Å². The van der Waals surface area contributed by atoms with E-state index in [4.69, 9.17) is 5.11 Å². The van der Waals surface area contributed by atoms with Gasteiger partial charge in [0.1, 0.15) is 0 Å². The molecule has 13 heavy (non-hydrogen) atoms. The van der Waals surface area contributed by atoms with E-state index in [0.29, 0.717) is 12.6 Å². The molecule has 4 nitrogen and oxygen atoms in total. The third-order valence-corrected chi connectivity index (χ3v) is 2.04. The van der Waals surface area contributed by atoms with Crippen molar-refractivity contribution in [2.75, 3.05) is 6.54 Å². The van der Waals surface area contributed by atoms with Crippen molar-refractivity contribution in [1.29, 1.82) is 0 Å². The summed E-state index contributed by atoms with van der Waals surface area (Å²) in [5.41, 5.74) is 0. The molecule has 0 bridgehead atoms. The minimum atomic E-state index is -0.406. The van der Waals surface area contributed by atoms with Crippen LogP contribution >= 0.6 is 0 Å². The van der Waals surface area contributed by atoms with Crippen molar-refractivity contribution in [3.8, 4) is 0 Å². The van der Waals surface area contributed by atoms with Gasteiger partial charge in [0.2, 0.25) is 5.91 Å². The van der Waals surface area contributed by atoms with Gasteiger partial charge in [-0.1, -0.05) is 0 Å². The molecule has 0 aliphatic heterocycles. The van der Waals surface area contributed by atoms with Crippen molar-refractivity contribution < 1.29 is 9.90 Å². The Morgan fingerprint density at radius 1 is 1.54 bits per heavy atom. The highest BCUT2D eigenvalue weighted by atomic mass is 16.3.